The molecular weight excluding hydrogens is 284 g/mol. The zero-order valence-corrected chi connectivity index (χ0v) is 11.2. The number of aromatic nitrogens is 2. The van der Waals surface area contributed by atoms with Crippen LogP contribution < -0.4 is 0 Å². The smallest absolute Gasteiger partial charge is 0.358 e. The van der Waals surface area contributed by atoms with E-state index in [0.29, 0.717) is 11.6 Å². The van der Waals surface area contributed by atoms with Crippen molar-refractivity contribution in [2.45, 2.75) is 19.9 Å². The molecular formula is C13H11F2N3O3. The summed E-state index contributed by atoms with van der Waals surface area (Å²) in [6, 6.07) is 1.67. The predicted octanol–water partition coefficient (Wildman–Crippen LogP) is 2.82. The Labute approximate surface area is 118 Å². The average Bonchev–Trinajstić information content (AvgIpc) is 2.79. The van der Waals surface area contributed by atoms with Gasteiger partial charge in [0.15, 0.2) is 5.78 Å². The summed E-state index contributed by atoms with van der Waals surface area (Å²) in [4.78, 5) is 22.2. The quantitative estimate of drug-likeness (QED) is 0.493. The number of carbonyl (C=O) groups excluding carboxylic acids is 1. The Kier molecular flexibility index (Phi) is 3.79. The van der Waals surface area contributed by atoms with Crippen molar-refractivity contribution in [1.82, 2.24) is 9.78 Å². The molecule has 1 aromatic heterocycles. The number of nitrogens with zero attached hydrogens (tertiary/aromatic N) is 3. The Morgan fingerprint density at radius 3 is 2.62 bits per heavy atom. The van der Waals surface area contributed by atoms with Gasteiger partial charge in [-0.3, -0.25) is 4.79 Å². The lowest BCUT2D eigenvalue weighted by molar-refractivity contribution is -0.390. The van der Waals surface area contributed by atoms with Crippen molar-refractivity contribution in [3.05, 3.63) is 57.3 Å². The molecule has 0 aliphatic rings. The van der Waals surface area contributed by atoms with Crippen LogP contribution >= 0.6 is 0 Å². The van der Waals surface area contributed by atoms with Gasteiger partial charge in [-0.1, -0.05) is 0 Å². The van der Waals surface area contributed by atoms with E-state index in [1.165, 1.54) is 20.0 Å². The van der Waals surface area contributed by atoms with Gasteiger partial charge < -0.3 is 10.1 Å². The van der Waals surface area contributed by atoms with Crippen LogP contribution in [0, 0.1) is 28.7 Å². The van der Waals surface area contributed by atoms with Crippen LogP contribution in [0.5, 0.6) is 0 Å². The van der Waals surface area contributed by atoms with Crippen LogP contribution in [0.15, 0.2) is 24.4 Å². The van der Waals surface area contributed by atoms with Crippen LogP contribution in [0.4, 0.5) is 14.6 Å². The van der Waals surface area contributed by atoms with E-state index in [9.17, 15) is 23.7 Å². The zero-order chi connectivity index (χ0) is 15.7. The summed E-state index contributed by atoms with van der Waals surface area (Å²) in [6.07, 6.45) is 1.34. The Morgan fingerprint density at radius 2 is 2.10 bits per heavy atom. The lowest BCUT2D eigenvalue weighted by Crippen LogP contribution is -2.18. The Hall–Kier alpha value is -2.64. The monoisotopic (exact) mass is 295 g/mol. The highest BCUT2D eigenvalue weighted by molar-refractivity contribution is 5.98. The first-order valence-electron chi connectivity index (χ1n) is 6.00. The van der Waals surface area contributed by atoms with E-state index in [-0.39, 0.29) is 11.4 Å². The second kappa shape index (κ2) is 5.39. The van der Waals surface area contributed by atoms with Gasteiger partial charge in [-0.05, 0) is 30.9 Å². The molecule has 8 heteroatoms. The minimum absolute atomic E-state index is 0.291. The molecule has 6 nitrogen and oxygen atoms in total. The summed E-state index contributed by atoms with van der Waals surface area (Å²) in [5.41, 5.74) is -0.000987. The van der Waals surface area contributed by atoms with Gasteiger partial charge in [-0.25, -0.2) is 8.78 Å². The molecule has 1 unspecified atom stereocenters. The first-order valence-corrected chi connectivity index (χ1v) is 6.00. The van der Waals surface area contributed by atoms with Crippen LogP contribution in [0.3, 0.4) is 0 Å². The van der Waals surface area contributed by atoms with Crippen LogP contribution in [0.25, 0.3) is 0 Å². The van der Waals surface area contributed by atoms with Gasteiger partial charge in [0.25, 0.3) is 0 Å². The Balaban J connectivity index is 2.35. The number of hydrogen-bond donors (Lipinski definition) is 0. The fourth-order valence-electron chi connectivity index (χ4n) is 1.89. The standard InChI is InChI=1S/C13H11F2N3O3/c1-7-6-17(16-13(7)18(20)21)8(2)12(19)10-4-3-9(14)5-11(10)15/h3-6,8H,1-2H3. The van der Waals surface area contributed by atoms with Gasteiger partial charge in [0.2, 0.25) is 0 Å². The topological polar surface area (TPSA) is 78.0 Å². The Bertz CT molecular complexity index is 727. The molecule has 2 rings (SSSR count). The minimum Gasteiger partial charge on any atom is -0.358 e. The summed E-state index contributed by atoms with van der Waals surface area (Å²) in [6.45, 7) is 2.92. The molecule has 0 amide bonds. The van der Waals surface area contributed by atoms with Gasteiger partial charge in [-0.15, -0.1) is 0 Å². The maximum atomic E-state index is 13.6. The van der Waals surface area contributed by atoms with Gasteiger partial charge in [0, 0.05) is 6.07 Å². The van der Waals surface area contributed by atoms with E-state index >= 15 is 0 Å². The van der Waals surface area contributed by atoms with Crippen molar-refractivity contribution >= 4 is 11.6 Å². The van der Waals surface area contributed by atoms with E-state index in [1.807, 2.05) is 0 Å². The second-order valence-electron chi connectivity index (χ2n) is 4.54. The second-order valence-corrected chi connectivity index (χ2v) is 4.54. The molecule has 0 spiro atoms. The van der Waals surface area contributed by atoms with Crippen molar-refractivity contribution in [2.75, 3.05) is 0 Å². The molecule has 0 saturated carbocycles. The summed E-state index contributed by atoms with van der Waals surface area (Å²) >= 11 is 0. The lowest BCUT2D eigenvalue weighted by atomic mass is 10.0. The summed E-state index contributed by atoms with van der Waals surface area (Å²) in [5.74, 6) is -2.79. The first kappa shape index (κ1) is 14.8. The maximum absolute atomic E-state index is 13.6. The van der Waals surface area contributed by atoms with Crippen molar-refractivity contribution in [2.24, 2.45) is 0 Å². The van der Waals surface area contributed by atoms with Crippen molar-refractivity contribution in [3.63, 3.8) is 0 Å². The summed E-state index contributed by atoms with van der Waals surface area (Å²) in [5, 5.41) is 14.4. The SMILES string of the molecule is Cc1cn(C(C)C(=O)c2ccc(F)cc2F)nc1[N+](=O)[O-]. The average molecular weight is 295 g/mol. The first-order chi connectivity index (χ1) is 9.81. The van der Waals surface area contributed by atoms with E-state index in [2.05, 4.69) is 5.10 Å². The van der Waals surface area contributed by atoms with Gasteiger partial charge in [-0.2, -0.15) is 4.68 Å². The number of Topliss-reactive ketones (excluding diaryl/α,β-unsaturated/α-hetero) is 1. The summed E-state index contributed by atoms with van der Waals surface area (Å²) in [7, 11) is 0. The molecule has 0 saturated heterocycles. The third-order valence-corrected chi connectivity index (χ3v) is 3.03. The maximum Gasteiger partial charge on any atom is 0.392 e. The number of carbonyl (C=O) groups is 1. The molecule has 0 aliphatic carbocycles. The van der Waals surface area contributed by atoms with Crippen LogP contribution in [-0.2, 0) is 0 Å². The van der Waals surface area contributed by atoms with Crippen molar-refractivity contribution in [1.29, 1.82) is 0 Å². The molecule has 0 aliphatic heterocycles. The van der Waals surface area contributed by atoms with Gasteiger partial charge in [0.05, 0.1) is 22.4 Å². The van der Waals surface area contributed by atoms with E-state index in [1.54, 1.807) is 0 Å². The fourth-order valence-corrected chi connectivity index (χ4v) is 1.89. The number of aryl methyl sites for hydroxylation is 1. The third-order valence-electron chi connectivity index (χ3n) is 3.03. The number of ketones is 1. The highest BCUT2D eigenvalue weighted by atomic mass is 19.1. The van der Waals surface area contributed by atoms with Crippen molar-refractivity contribution in [3.8, 4) is 0 Å². The Morgan fingerprint density at radius 1 is 1.43 bits per heavy atom. The largest absolute Gasteiger partial charge is 0.392 e. The predicted molar refractivity (Wildman–Crippen MR) is 69.0 cm³/mol. The number of hydrogen-bond acceptors (Lipinski definition) is 4. The lowest BCUT2D eigenvalue weighted by Gasteiger charge is -2.08. The van der Waals surface area contributed by atoms with Gasteiger partial charge in [0.1, 0.15) is 17.7 Å². The van der Waals surface area contributed by atoms with E-state index in [0.717, 1.165) is 16.8 Å². The zero-order valence-electron chi connectivity index (χ0n) is 11.2. The van der Waals surface area contributed by atoms with E-state index < -0.39 is 28.4 Å². The number of benzene rings is 1. The van der Waals surface area contributed by atoms with Crippen LogP contribution in [0.2, 0.25) is 0 Å². The molecule has 2 aromatic rings. The van der Waals surface area contributed by atoms with Crippen LogP contribution in [0.1, 0.15) is 28.9 Å². The fraction of sp³-hybridized carbons (Fsp3) is 0.231. The summed E-state index contributed by atoms with van der Waals surface area (Å²) < 4.78 is 27.5. The molecule has 0 N–H and O–H groups in total. The molecule has 21 heavy (non-hydrogen) atoms. The van der Waals surface area contributed by atoms with Gasteiger partial charge >= 0.3 is 5.82 Å². The molecule has 1 aromatic carbocycles. The molecule has 0 fully saturated rings. The van der Waals surface area contributed by atoms with Crippen LogP contribution in [-0.4, -0.2) is 20.5 Å². The molecule has 0 bridgehead atoms. The molecule has 110 valence electrons. The normalized spacial score (nSPS) is 12.2. The van der Waals surface area contributed by atoms with E-state index in [4.69, 9.17) is 0 Å². The molecule has 1 heterocycles. The molecule has 0 radical (unpaired) electrons. The number of nitro groups is 1. The number of rotatable bonds is 4. The highest BCUT2D eigenvalue weighted by Crippen LogP contribution is 2.21. The molecule has 1 atom stereocenters. The minimum atomic E-state index is -0.981. The highest BCUT2D eigenvalue weighted by Gasteiger charge is 2.26. The third kappa shape index (κ3) is 2.78. The van der Waals surface area contributed by atoms with Crippen molar-refractivity contribution < 1.29 is 18.5 Å². The number of halogens is 2.